The Kier molecular flexibility index (Phi) is 3.84. The molecule has 24 heavy (non-hydrogen) atoms. The van der Waals surface area contributed by atoms with Crippen molar-refractivity contribution in [1.82, 2.24) is 15.0 Å². The lowest BCUT2D eigenvalue weighted by Crippen LogP contribution is -2.28. The van der Waals surface area contributed by atoms with Crippen LogP contribution >= 0.6 is 11.6 Å². The average Bonchev–Trinajstić information content (AvgIpc) is 2.87. The van der Waals surface area contributed by atoms with E-state index in [1.807, 2.05) is 0 Å². The standard InChI is InChI=1S/C12H5ClF3N3O4S/c13-10-8-6(2-5-17-10)7(23-24(20,21)12(14,15)16)9(22-8)11-18-3-1-4-19-11/h1-5H. The van der Waals surface area contributed by atoms with Gasteiger partial charge in [0, 0.05) is 18.6 Å². The second-order valence-electron chi connectivity index (χ2n) is 4.29. The van der Waals surface area contributed by atoms with Gasteiger partial charge < -0.3 is 8.60 Å². The Bertz CT molecular complexity index is 1010. The molecule has 3 aromatic rings. The van der Waals surface area contributed by atoms with Crippen molar-refractivity contribution in [2.45, 2.75) is 5.51 Å². The van der Waals surface area contributed by atoms with E-state index in [1.54, 1.807) is 0 Å². The summed E-state index contributed by atoms with van der Waals surface area (Å²) in [5.41, 5.74) is -5.78. The first-order valence-corrected chi connectivity index (χ1v) is 7.84. The number of hydrogen-bond acceptors (Lipinski definition) is 7. The van der Waals surface area contributed by atoms with Gasteiger partial charge in [-0.15, -0.1) is 0 Å². The predicted octanol–water partition coefficient (Wildman–Crippen LogP) is 3.17. The fourth-order valence-corrected chi connectivity index (χ4v) is 2.45. The lowest BCUT2D eigenvalue weighted by atomic mass is 10.3. The minimum absolute atomic E-state index is 0.120. The minimum atomic E-state index is -5.93. The zero-order valence-electron chi connectivity index (χ0n) is 11.3. The summed E-state index contributed by atoms with van der Waals surface area (Å²) in [5.74, 6) is -1.33. The molecule has 0 saturated heterocycles. The molecule has 12 heteroatoms. The van der Waals surface area contributed by atoms with E-state index in [0.29, 0.717) is 0 Å². The molecule has 0 aliphatic heterocycles. The van der Waals surface area contributed by atoms with Crippen molar-refractivity contribution in [3.63, 3.8) is 0 Å². The summed E-state index contributed by atoms with van der Waals surface area (Å²) < 4.78 is 70.1. The molecular weight excluding hydrogens is 375 g/mol. The van der Waals surface area contributed by atoms with E-state index in [-0.39, 0.29) is 21.9 Å². The first-order chi connectivity index (χ1) is 11.2. The SMILES string of the molecule is O=S(=O)(Oc1c(-c2ncccn2)oc2c(Cl)nccc12)C(F)(F)F. The Balaban J connectivity index is 2.27. The van der Waals surface area contributed by atoms with E-state index in [9.17, 15) is 21.6 Å². The smallest absolute Gasteiger partial charge is 0.445 e. The maximum absolute atomic E-state index is 12.6. The van der Waals surface area contributed by atoms with Gasteiger partial charge in [-0.3, -0.25) is 0 Å². The Labute approximate surface area is 137 Å². The molecule has 0 amide bonds. The third-order valence-electron chi connectivity index (χ3n) is 2.76. The van der Waals surface area contributed by atoms with Gasteiger partial charge in [0.05, 0.1) is 5.39 Å². The third-order valence-corrected chi connectivity index (χ3v) is 3.98. The molecule has 0 unspecified atom stereocenters. The summed E-state index contributed by atoms with van der Waals surface area (Å²) in [6.07, 6.45) is 3.73. The van der Waals surface area contributed by atoms with Gasteiger partial charge in [-0.2, -0.15) is 21.6 Å². The number of fused-ring (bicyclic) bond motifs is 1. The Morgan fingerprint density at radius 3 is 2.42 bits per heavy atom. The lowest BCUT2D eigenvalue weighted by molar-refractivity contribution is -0.0499. The summed E-state index contributed by atoms with van der Waals surface area (Å²) in [5, 5.41) is -0.311. The molecule has 0 spiro atoms. The van der Waals surface area contributed by atoms with Crippen LogP contribution in [-0.4, -0.2) is 28.9 Å². The van der Waals surface area contributed by atoms with Crippen molar-refractivity contribution in [1.29, 1.82) is 0 Å². The fourth-order valence-electron chi connectivity index (χ4n) is 1.77. The van der Waals surface area contributed by atoms with Gasteiger partial charge in [0.15, 0.2) is 16.6 Å². The maximum atomic E-state index is 12.6. The van der Waals surface area contributed by atoms with Crippen LogP contribution in [0.4, 0.5) is 13.2 Å². The molecule has 0 saturated carbocycles. The second kappa shape index (κ2) is 5.60. The number of halogens is 4. The number of alkyl halides is 3. The first kappa shape index (κ1) is 16.5. The van der Waals surface area contributed by atoms with Crippen LogP contribution in [0.25, 0.3) is 22.6 Å². The van der Waals surface area contributed by atoms with Crippen molar-refractivity contribution >= 4 is 32.7 Å². The highest BCUT2D eigenvalue weighted by Gasteiger charge is 2.49. The number of furan rings is 1. The number of hydrogen-bond donors (Lipinski definition) is 0. The highest BCUT2D eigenvalue weighted by molar-refractivity contribution is 7.88. The maximum Gasteiger partial charge on any atom is 0.534 e. The van der Waals surface area contributed by atoms with Gasteiger partial charge in [0.2, 0.25) is 11.5 Å². The Morgan fingerprint density at radius 2 is 1.79 bits per heavy atom. The average molecular weight is 380 g/mol. The zero-order valence-corrected chi connectivity index (χ0v) is 12.9. The van der Waals surface area contributed by atoms with E-state index in [2.05, 4.69) is 19.1 Å². The van der Waals surface area contributed by atoms with Gasteiger partial charge in [0.25, 0.3) is 0 Å². The zero-order chi connectivity index (χ0) is 17.5. The van der Waals surface area contributed by atoms with Crippen LogP contribution in [0.1, 0.15) is 0 Å². The molecule has 0 radical (unpaired) electrons. The number of nitrogens with zero attached hydrogens (tertiary/aromatic N) is 3. The van der Waals surface area contributed by atoms with Gasteiger partial charge in [-0.1, -0.05) is 11.6 Å². The number of aromatic nitrogens is 3. The van der Waals surface area contributed by atoms with Gasteiger partial charge in [-0.05, 0) is 12.1 Å². The van der Waals surface area contributed by atoms with E-state index >= 15 is 0 Å². The molecular formula is C12H5ClF3N3O4S. The molecule has 0 N–H and O–H groups in total. The molecule has 0 bridgehead atoms. The Morgan fingerprint density at radius 1 is 1.12 bits per heavy atom. The minimum Gasteiger partial charge on any atom is -0.445 e. The first-order valence-electron chi connectivity index (χ1n) is 6.06. The molecule has 3 rings (SSSR count). The fraction of sp³-hybridized carbons (Fsp3) is 0.0833. The van der Waals surface area contributed by atoms with E-state index in [4.69, 9.17) is 16.0 Å². The third kappa shape index (κ3) is 2.76. The summed E-state index contributed by atoms with van der Waals surface area (Å²) in [6, 6.07) is 2.64. The molecule has 3 heterocycles. The van der Waals surface area contributed by atoms with Crippen LogP contribution in [0.3, 0.4) is 0 Å². The molecule has 126 valence electrons. The van der Waals surface area contributed by atoms with Crippen LogP contribution in [-0.2, 0) is 10.1 Å². The topological polar surface area (TPSA) is 95.2 Å². The van der Waals surface area contributed by atoms with Gasteiger partial charge >= 0.3 is 15.6 Å². The normalized spacial score (nSPS) is 12.5. The molecule has 0 aliphatic rings. The molecule has 0 atom stereocenters. The largest absolute Gasteiger partial charge is 0.534 e. The number of rotatable bonds is 3. The molecule has 3 aromatic heterocycles. The molecule has 0 fully saturated rings. The molecule has 7 nitrogen and oxygen atoms in total. The monoisotopic (exact) mass is 379 g/mol. The van der Waals surface area contributed by atoms with E-state index in [0.717, 1.165) is 6.20 Å². The van der Waals surface area contributed by atoms with Crippen molar-refractivity contribution in [3.8, 4) is 17.3 Å². The second-order valence-corrected chi connectivity index (χ2v) is 6.19. The number of pyridine rings is 1. The van der Waals surface area contributed by atoms with Crippen molar-refractivity contribution in [2.24, 2.45) is 0 Å². The van der Waals surface area contributed by atoms with E-state index in [1.165, 1.54) is 24.5 Å². The summed E-state index contributed by atoms with van der Waals surface area (Å²) in [6.45, 7) is 0. The summed E-state index contributed by atoms with van der Waals surface area (Å²) >= 11 is 5.82. The molecule has 0 aromatic carbocycles. The van der Waals surface area contributed by atoms with Crippen molar-refractivity contribution in [3.05, 3.63) is 35.9 Å². The van der Waals surface area contributed by atoms with Crippen LogP contribution in [0.2, 0.25) is 5.15 Å². The van der Waals surface area contributed by atoms with E-state index < -0.39 is 27.1 Å². The van der Waals surface area contributed by atoms with Crippen molar-refractivity contribution < 1.29 is 30.2 Å². The van der Waals surface area contributed by atoms with Crippen molar-refractivity contribution in [2.75, 3.05) is 0 Å². The van der Waals surface area contributed by atoms with Crippen LogP contribution in [0, 0.1) is 0 Å². The Hall–Kier alpha value is -2.40. The quantitative estimate of drug-likeness (QED) is 0.392. The van der Waals surface area contributed by atoms with Crippen LogP contribution in [0.5, 0.6) is 5.75 Å². The van der Waals surface area contributed by atoms with Crippen LogP contribution < -0.4 is 4.18 Å². The summed E-state index contributed by atoms with van der Waals surface area (Å²) in [7, 11) is -5.93. The predicted molar refractivity (Wildman–Crippen MR) is 75.6 cm³/mol. The van der Waals surface area contributed by atoms with Gasteiger partial charge in [-0.25, -0.2) is 15.0 Å². The summed E-state index contributed by atoms with van der Waals surface area (Å²) in [4.78, 5) is 11.3. The molecule has 0 aliphatic carbocycles. The highest BCUT2D eigenvalue weighted by atomic mass is 35.5. The van der Waals surface area contributed by atoms with Crippen LogP contribution in [0.15, 0.2) is 35.1 Å². The lowest BCUT2D eigenvalue weighted by Gasteiger charge is -2.09. The highest BCUT2D eigenvalue weighted by Crippen LogP contribution is 2.42. The van der Waals surface area contributed by atoms with Gasteiger partial charge in [0.1, 0.15) is 0 Å².